The first kappa shape index (κ1) is 24.5. The number of phenolic OH excluding ortho intramolecular Hbond substituents is 1. The zero-order chi connectivity index (χ0) is 26.3. The average molecular weight is 498 g/mol. The molecule has 3 aliphatic carbocycles. The van der Waals surface area contributed by atoms with E-state index in [0.29, 0.717) is 12.0 Å². The number of fused-ring (bicyclic) bond motifs is 3. The van der Waals surface area contributed by atoms with Gasteiger partial charge in [0.05, 0.1) is 11.6 Å². The maximum Gasteiger partial charge on any atom is 0.255 e. The van der Waals surface area contributed by atoms with E-state index in [-0.39, 0.29) is 29.3 Å². The smallest absolute Gasteiger partial charge is 0.255 e. The predicted octanol–water partition coefficient (Wildman–Crippen LogP) is 0.697. The summed E-state index contributed by atoms with van der Waals surface area (Å²) < 4.78 is 0. The molecule has 0 spiro atoms. The molecule has 0 radical (unpaired) electrons. The second kappa shape index (κ2) is 8.16. The molecule has 36 heavy (non-hydrogen) atoms. The van der Waals surface area contributed by atoms with Crippen molar-refractivity contribution in [2.24, 2.45) is 17.6 Å². The summed E-state index contributed by atoms with van der Waals surface area (Å²) >= 11 is 0. The molecule has 4 aliphatic rings. The van der Waals surface area contributed by atoms with Gasteiger partial charge in [-0.2, -0.15) is 0 Å². The van der Waals surface area contributed by atoms with Gasteiger partial charge in [-0.25, -0.2) is 0 Å². The Morgan fingerprint density at radius 1 is 1.22 bits per heavy atom. The number of aliphatic hydroxyl groups excluding tert-OH is 2. The number of aromatic hydroxyl groups is 1. The van der Waals surface area contributed by atoms with Gasteiger partial charge < -0.3 is 31.5 Å². The zero-order valence-corrected chi connectivity index (χ0v) is 20.5. The third kappa shape index (κ3) is 3.11. The molecule has 1 heterocycles. The number of nitrogens with two attached hydrogens (primary N) is 1. The van der Waals surface area contributed by atoms with E-state index < -0.39 is 58.0 Å². The quantitative estimate of drug-likeness (QED) is 0.329. The van der Waals surface area contributed by atoms with E-state index in [1.165, 1.54) is 4.90 Å². The minimum Gasteiger partial charge on any atom is -0.508 e. The predicted molar refractivity (Wildman–Crippen MR) is 129 cm³/mol. The Kier molecular flexibility index (Phi) is 5.55. The second-order valence-corrected chi connectivity index (χ2v) is 10.6. The van der Waals surface area contributed by atoms with E-state index in [2.05, 4.69) is 5.32 Å². The molecule has 1 saturated carbocycles. The first-order valence-corrected chi connectivity index (χ1v) is 12.1. The van der Waals surface area contributed by atoms with Crippen LogP contribution in [0.5, 0.6) is 5.75 Å². The van der Waals surface area contributed by atoms with E-state index in [0.717, 1.165) is 30.5 Å². The normalized spacial score (nSPS) is 32.0. The van der Waals surface area contributed by atoms with Crippen molar-refractivity contribution in [2.75, 3.05) is 20.6 Å². The molecule has 1 unspecified atom stereocenters. The highest BCUT2D eigenvalue weighted by molar-refractivity contribution is 6.24. The largest absolute Gasteiger partial charge is 0.508 e. The monoisotopic (exact) mass is 497 g/mol. The molecule has 1 amide bonds. The van der Waals surface area contributed by atoms with E-state index in [4.69, 9.17) is 5.73 Å². The van der Waals surface area contributed by atoms with Crippen LogP contribution in [0.4, 0.5) is 0 Å². The molecule has 1 aromatic carbocycles. The molecule has 5 rings (SSSR count). The van der Waals surface area contributed by atoms with Crippen molar-refractivity contribution in [1.82, 2.24) is 10.2 Å². The summed E-state index contributed by atoms with van der Waals surface area (Å²) in [6, 6.07) is 0.587. The van der Waals surface area contributed by atoms with Crippen LogP contribution in [-0.4, -0.2) is 75.1 Å². The Balaban J connectivity index is 1.71. The molecule has 10 heteroatoms. The molecule has 0 bridgehead atoms. The van der Waals surface area contributed by atoms with Gasteiger partial charge in [0.2, 0.25) is 5.78 Å². The van der Waals surface area contributed by atoms with Crippen molar-refractivity contribution in [2.45, 2.75) is 50.3 Å². The number of rotatable bonds is 3. The fourth-order valence-corrected chi connectivity index (χ4v) is 6.81. The number of amides is 1. The first-order chi connectivity index (χ1) is 16.9. The summed E-state index contributed by atoms with van der Waals surface area (Å²) in [6.45, 7) is 2.80. The highest BCUT2D eigenvalue weighted by Crippen LogP contribution is 2.53. The first-order valence-electron chi connectivity index (χ1n) is 12.1. The number of carbonyl (C=O) groups is 3. The molecular formula is C26H31N3O7. The van der Waals surface area contributed by atoms with Crippen molar-refractivity contribution in [3.8, 4) is 5.75 Å². The Morgan fingerprint density at radius 2 is 1.92 bits per heavy atom. The number of Topliss-reactive ketones (excluding diaryl/α,β-unsaturated/α-hetero) is 2. The van der Waals surface area contributed by atoms with Crippen molar-refractivity contribution in [3.63, 3.8) is 0 Å². The topological polar surface area (TPSA) is 173 Å². The van der Waals surface area contributed by atoms with Crippen LogP contribution in [0, 0.1) is 18.8 Å². The van der Waals surface area contributed by atoms with Crippen molar-refractivity contribution < 1.29 is 34.8 Å². The van der Waals surface area contributed by atoms with Gasteiger partial charge in [-0.05, 0) is 81.9 Å². The summed E-state index contributed by atoms with van der Waals surface area (Å²) in [6.07, 6.45) is 2.31. The van der Waals surface area contributed by atoms with Crippen molar-refractivity contribution in [3.05, 3.63) is 45.2 Å². The highest BCUT2D eigenvalue weighted by Gasteiger charge is 2.64. The van der Waals surface area contributed by atoms with Gasteiger partial charge in [0.25, 0.3) is 5.91 Å². The molecule has 5 atom stereocenters. The van der Waals surface area contributed by atoms with Gasteiger partial charge in [-0.1, -0.05) is 0 Å². The Hall–Kier alpha value is -3.21. The van der Waals surface area contributed by atoms with Crippen LogP contribution >= 0.6 is 0 Å². The Labute approximate surface area is 208 Å². The van der Waals surface area contributed by atoms with E-state index in [9.17, 15) is 34.8 Å². The average Bonchev–Trinajstić information content (AvgIpc) is 3.32. The van der Waals surface area contributed by atoms with E-state index in [1.54, 1.807) is 20.2 Å². The summed E-state index contributed by atoms with van der Waals surface area (Å²) in [5, 5.41) is 48.1. The van der Waals surface area contributed by atoms with Gasteiger partial charge >= 0.3 is 0 Å². The zero-order valence-electron chi connectivity index (χ0n) is 20.5. The maximum absolute atomic E-state index is 13.8. The molecule has 1 saturated heterocycles. The minimum atomic E-state index is -2.62. The van der Waals surface area contributed by atoms with E-state index in [1.807, 2.05) is 6.92 Å². The number of primary amides is 1. The van der Waals surface area contributed by atoms with Crippen LogP contribution in [0.1, 0.15) is 47.6 Å². The number of phenols is 1. The molecule has 0 aromatic heterocycles. The number of likely N-dealkylation sites (N-methyl/N-ethyl adjacent to an activating group) is 1. The lowest BCUT2D eigenvalue weighted by molar-refractivity contribution is -0.153. The molecule has 10 nitrogen and oxygen atoms in total. The summed E-state index contributed by atoms with van der Waals surface area (Å²) in [5.41, 5.74) is 4.45. The minimum absolute atomic E-state index is 0.0789. The lowest BCUT2D eigenvalue weighted by Gasteiger charge is -2.50. The molecule has 7 N–H and O–H groups in total. The Bertz CT molecular complexity index is 1270. The number of nitrogens with zero attached hydrogens (tertiary/aromatic N) is 1. The third-order valence-electron chi connectivity index (χ3n) is 8.48. The van der Waals surface area contributed by atoms with Gasteiger partial charge in [0.15, 0.2) is 11.4 Å². The maximum atomic E-state index is 13.8. The van der Waals surface area contributed by atoms with Gasteiger partial charge in [0, 0.05) is 17.5 Å². The van der Waals surface area contributed by atoms with Crippen LogP contribution < -0.4 is 11.1 Å². The van der Waals surface area contributed by atoms with Gasteiger partial charge in [-0.3, -0.25) is 19.3 Å². The standard InChI is InChI=1S/C26H31N3O7/c1-10-12(15-5-4-6-28-15)9-16(30)18-13(10)7-11-8-14-20(29(2)3)22(32)19(25(27)35)24(34)26(14,36)23(33)17(11)21(18)31/h9,11,14-15,20,28,30-31,34,36H,4-8H2,1-3H3,(H2,27,35)/t11-,14-,15?,20-,26-/m0/s1. The highest BCUT2D eigenvalue weighted by atomic mass is 16.3. The lowest BCUT2D eigenvalue weighted by atomic mass is 9.57. The summed E-state index contributed by atoms with van der Waals surface area (Å²) in [4.78, 5) is 40.5. The summed E-state index contributed by atoms with van der Waals surface area (Å²) in [7, 11) is 3.16. The third-order valence-corrected chi connectivity index (χ3v) is 8.48. The number of nitrogens with one attached hydrogen (secondary N) is 1. The molecular weight excluding hydrogens is 466 g/mol. The number of hydrogen-bond acceptors (Lipinski definition) is 9. The second-order valence-electron chi connectivity index (χ2n) is 10.6. The Morgan fingerprint density at radius 3 is 2.50 bits per heavy atom. The van der Waals surface area contributed by atoms with Crippen LogP contribution in [0.2, 0.25) is 0 Å². The molecule has 1 aliphatic heterocycles. The van der Waals surface area contributed by atoms with E-state index >= 15 is 0 Å². The van der Waals surface area contributed by atoms with Crippen LogP contribution in [0.25, 0.3) is 5.76 Å². The fourth-order valence-electron chi connectivity index (χ4n) is 6.81. The fraction of sp³-hybridized carbons (Fsp3) is 0.500. The summed E-state index contributed by atoms with van der Waals surface area (Å²) in [5.74, 6) is -6.38. The molecule has 192 valence electrons. The SMILES string of the molecule is Cc1c(C2CCCN2)cc(O)c2c1C[C@H]1C[C@H]3[C@H](N(C)C)C(=O)C(C(N)=O)=C(O)[C@@]3(O)C(=O)C1=C2O. The molecule has 1 aromatic rings. The lowest BCUT2D eigenvalue weighted by Crippen LogP contribution is -2.65. The number of ketones is 2. The van der Waals surface area contributed by atoms with Crippen LogP contribution in [0.15, 0.2) is 23.0 Å². The van der Waals surface area contributed by atoms with Crippen molar-refractivity contribution >= 4 is 23.2 Å². The number of carbonyl (C=O) groups excluding carboxylic acids is 3. The number of hydrogen-bond donors (Lipinski definition) is 6. The number of aliphatic hydroxyl groups is 3. The van der Waals surface area contributed by atoms with Crippen molar-refractivity contribution in [1.29, 1.82) is 0 Å². The molecule has 2 fully saturated rings. The van der Waals surface area contributed by atoms with Gasteiger partial charge in [-0.15, -0.1) is 0 Å². The van der Waals surface area contributed by atoms with Crippen LogP contribution in [-0.2, 0) is 20.8 Å². The van der Waals surface area contributed by atoms with Crippen LogP contribution in [0.3, 0.4) is 0 Å². The van der Waals surface area contributed by atoms with Gasteiger partial charge in [0.1, 0.15) is 22.8 Å². The number of benzene rings is 1.